The summed E-state index contributed by atoms with van der Waals surface area (Å²) >= 11 is 0. The predicted octanol–water partition coefficient (Wildman–Crippen LogP) is 4.39. The molecule has 1 atom stereocenters. The number of ketones is 1. The van der Waals surface area contributed by atoms with E-state index in [1.54, 1.807) is 31.4 Å². The normalized spacial score (nSPS) is 11.5. The lowest BCUT2D eigenvalue weighted by Crippen LogP contribution is -2.30. The summed E-state index contributed by atoms with van der Waals surface area (Å²) in [7, 11) is 1.64. The molecule has 1 amide bonds. The standard InChI is InChI=1S/C25H25NO3/c1-18(25(28)26-16-15-19-9-6-7-14-23(19)29-2)21-12-8-13-22(17-21)24(27)20-10-4-3-5-11-20/h3-14,17-18H,15-16H2,1-2H3,(H,26,28)/t18-/m0/s1. The smallest absolute Gasteiger partial charge is 0.227 e. The van der Waals surface area contributed by atoms with Crippen molar-refractivity contribution in [2.75, 3.05) is 13.7 Å². The van der Waals surface area contributed by atoms with E-state index >= 15 is 0 Å². The van der Waals surface area contributed by atoms with Gasteiger partial charge in [-0.25, -0.2) is 0 Å². The number of benzene rings is 3. The molecule has 0 aliphatic heterocycles. The number of para-hydroxylation sites is 1. The fourth-order valence-electron chi connectivity index (χ4n) is 3.24. The Morgan fingerprint density at radius 3 is 2.34 bits per heavy atom. The van der Waals surface area contributed by atoms with Gasteiger partial charge in [0.1, 0.15) is 5.75 Å². The molecule has 0 aliphatic rings. The summed E-state index contributed by atoms with van der Waals surface area (Å²) in [5, 5.41) is 2.98. The lowest BCUT2D eigenvalue weighted by Gasteiger charge is -2.14. The highest BCUT2D eigenvalue weighted by atomic mass is 16.5. The molecule has 0 heterocycles. The molecule has 29 heavy (non-hydrogen) atoms. The maximum atomic E-state index is 12.7. The Morgan fingerprint density at radius 2 is 1.59 bits per heavy atom. The van der Waals surface area contributed by atoms with Crippen molar-refractivity contribution in [1.82, 2.24) is 5.32 Å². The van der Waals surface area contributed by atoms with Crippen molar-refractivity contribution < 1.29 is 14.3 Å². The van der Waals surface area contributed by atoms with E-state index in [1.807, 2.05) is 61.5 Å². The Labute approximate surface area is 171 Å². The molecule has 1 N–H and O–H groups in total. The molecular weight excluding hydrogens is 362 g/mol. The van der Waals surface area contributed by atoms with Crippen LogP contribution >= 0.6 is 0 Å². The van der Waals surface area contributed by atoms with Crippen LogP contribution in [0.2, 0.25) is 0 Å². The molecule has 148 valence electrons. The first-order chi connectivity index (χ1) is 14.1. The lowest BCUT2D eigenvalue weighted by atomic mass is 9.95. The number of carbonyl (C=O) groups is 2. The van der Waals surface area contributed by atoms with Crippen LogP contribution in [0.1, 0.15) is 39.9 Å². The first kappa shape index (κ1) is 20.3. The first-order valence-electron chi connectivity index (χ1n) is 9.69. The van der Waals surface area contributed by atoms with Crippen LogP contribution < -0.4 is 10.1 Å². The fraction of sp³-hybridized carbons (Fsp3) is 0.200. The second-order valence-corrected chi connectivity index (χ2v) is 6.90. The Balaban J connectivity index is 1.63. The molecule has 3 aromatic carbocycles. The van der Waals surface area contributed by atoms with Gasteiger partial charge in [0.15, 0.2) is 5.78 Å². The van der Waals surface area contributed by atoms with Crippen LogP contribution in [-0.4, -0.2) is 25.3 Å². The zero-order chi connectivity index (χ0) is 20.6. The average molecular weight is 387 g/mol. The van der Waals surface area contributed by atoms with Crippen molar-refractivity contribution in [3.63, 3.8) is 0 Å². The van der Waals surface area contributed by atoms with Gasteiger partial charge in [0.25, 0.3) is 0 Å². The van der Waals surface area contributed by atoms with Crippen LogP contribution in [0.15, 0.2) is 78.9 Å². The van der Waals surface area contributed by atoms with E-state index in [1.165, 1.54) is 0 Å². The molecule has 0 spiro atoms. The summed E-state index contributed by atoms with van der Waals surface area (Å²) in [6.07, 6.45) is 0.689. The molecule has 0 fully saturated rings. The number of amides is 1. The van der Waals surface area contributed by atoms with E-state index in [0.29, 0.717) is 24.1 Å². The second kappa shape index (κ2) is 9.69. The molecule has 0 saturated heterocycles. The topological polar surface area (TPSA) is 55.4 Å². The summed E-state index contributed by atoms with van der Waals surface area (Å²) in [5.41, 5.74) is 3.10. The molecule has 0 saturated carbocycles. The van der Waals surface area contributed by atoms with Gasteiger partial charge in [-0.3, -0.25) is 9.59 Å². The van der Waals surface area contributed by atoms with E-state index < -0.39 is 0 Å². The van der Waals surface area contributed by atoms with Crippen molar-refractivity contribution in [2.45, 2.75) is 19.3 Å². The molecular formula is C25H25NO3. The van der Waals surface area contributed by atoms with E-state index in [4.69, 9.17) is 4.74 Å². The minimum absolute atomic E-state index is 0.0452. The third kappa shape index (κ3) is 5.11. The van der Waals surface area contributed by atoms with Crippen LogP contribution in [-0.2, 0) is 11.2 Å². The Bertz CT molecular complexity index is 982. The van der Waals surface area contributed by atoms with Crippen molar-refractivity contribution >= 4 is 11.7 Å². The van der Waals surface area contributed by atoms with Gasteiger partial charge in [-0.1, -0.05) is 66.7 Å². The van der Waals surface area contributed by atoms with Crippen molar-refractivity contribution in [2.24, 2.45) is 0 Å². The number of hydrogen-bond donors (Lipinski definition) is 1. The van der Waals surface area contributed by atoms with Crippen LogP contribution in [0.4, 0.5) is 0 Å². The first-order valence-corrected chi connectivity index (χ1v) is 9.69. The highest BCUT2D eigenvalue weighted by molar-refractivity contribution is 6.09. The SMILES string of the molecule is COc1ccccc1CCNC(=O)[C@@H](C)c1cccc(C(=O)c2ccccc2)c1. The molecule has 3 rings (SSSR count). The average Bonchev–Trinajstić information content (AvgIpc) is 2.79. The zero-order valence-corrected chi connectivity index (χ0v) is 16.7. The van der Waals surface area contributed by atoms with Crippen molar-refractivity contribution in [1.29, 1.82) is 0 Å². The summed E-state index contributed by atoms with van der Waals surface area (Å²) in [5.74, 6) is 0.360. The van der Waals surface area contributed by atoms with Gasteiger partial charge in [-0.2, -0.15) is 0 Å². The summed E-state index contributed by atoms with van der Waals surface area (Å²) < 4.78 is 5.35. The van der Waals surface area contributed by atoms with Gasteiger partial charge >= 0.3 is 0 Å². The monoisotopic (exact) mass is 387 g/mol. The molecule has 4 nitrogen and oxygen atoms in total. The molecule has 0 bridgehead atoms. The van der Waals surface area contributed by atoms with E-state index in [9.17, 15) is 9.59 Å². The van der Waals surface area contributed by atoms with Crippen molar-refractivity contribution in [3.05, 3.63) is 101 Å². The Morgan fingerprint density at radius 1 is 0.897 bits per heavy atom. The lowest BCUT2D eigenvalue weighted by molar-refractivity contribution is -0.122. The molecule has 0 aliphatic carbocycles. The van der Waals surface area contributed by atoms with Gasteiger partial charge in [-0.15, -0.1) is 0 Å². The van der Waals surface area contributed by atoms with Crippen LogP contribution in [0.25, 0.3) is 0 Å². The number of methoxy groups -OCH3 is 1. The zero-order valence-electron chi connectivity index (χ0n) is 16.7. The van der Waals surface area contributed by atoms with Crippen LogP contribution in [0, 0.1) is 0 Å². The van der Waals surface area contributed by atoms with Crippen molar-refractivity contribution in [3.8, 4) is 5.75 Å². The summed E-state index contributed by atoms with van der Waals surface area (Å²) in [6, 6.07) is 24.2. The number of hydrogen-bond acceptors (Lipinski definition) is 3. The summed E-state index contributed by atoms with van der Waals surface area (Å²) in [6.45, 7) is 2.37. The molecule has 3 aromatic rings. The molecule has 0 radical (unpaired) electrons. The number of rotatable bonds is 8. The maximum Gasteiger partial charge on any atom is 0.227 e. The predicted molar refractivity (Wildman–Crippen MR) is 114 cm³/mol. The third-order valence-corrected chi connectivity index (χ3v) is 4.96. The van der Waals surface area contributed by atoms with Gasteiger partial charge in [0.05, 0.1) is 13.0 Å². The number of carbonyl (C=O) groups excluding carboxylic acids is 2. The third-order valence-electron chi connectivity index (χ3n) is 4.96. The van der Waals surface area contributed by atoms with Crippen LogP contribution in [0.5, 0.6) is 5.75 Å². The fourth-order valence-corrected chi connectivity index (χ4v) is 3.24. The van der Waals surface area contributed by atoms with Gasteiger partial charge in [-0.05, 0) is 36.6 Å². The number of nitrogens with one attached hydrogen (secondary N) is 1. The highest BCUT2D eigenvalue weighted by Crippen LogP contribution is 2.20. The minimum Gasteiger partial charge on any atom is -0.496 e. The molecule has 0 unspecified atom stereocenters. The second-order valence-electron chi connectivity index (χ2n) is 6.90. The molecule has 0 aromatic heterocycles. The summed E-state index contributed by atoms with van der Waals surface area (Å²) in [4.78, 5) is 25.3. The Kier molecular flexibility index (Phi) is 6.80. The largest absolute Gasteiger partial charge is 0.496 e. The quantitative estimate of drug-likeness (QED) is 0.583. The van der Waals surface area contributed by atoms with E-state index in [-0.39, 0.29) is 17.6 Å². The highest BCUT2D eigenvalue weighted by Gasteiger charge is 2.17. The van der Waals surface area contributed by atoms with Gasteiger partial charge in [0.2, 0.25) is 5.91 Å². The Hall–Kier alpha value is -3.40. The van der Waals surface area contributed by atoms with Crippen LogP contribution in [0.3, 0.4) is 0 Å². The minimum atomic E-state index is -0.351. The van der Waals surface area contributed by atoms with Gasteiger partial charge in [0, 0.05) is 17.7 Å². The maximum absolute atomic E-state index is 12.7. The number of ether oxygens (including phenoxy) is 1. The molecule has 4 heteroatoms. The van der Waals surface area contributed by atoms with E-state index in [2.05, 4.69) is 5.32 Å². The van der Waals surface area contributed by atoms with E-state index in [0.717, 1.165) is 16.9 Å². The van der Waals surface area contributed by atoms with Gasteiger partial charge < -0.3 is 10.1 Å².